The number of aromatic carboxylic acids is 1. The van der Waals surface area contributed by atoms with Gasteiger partial charge < -0.3 is 9.67 Å². The van der Waals surface area contributed by atoms with Gasteiger partial charge in [0.15, 0.2) is 0 Å². The fourth-order valence-corrected chi connectivity index (χ4v) is 4.33. The summed E-state index contributed by atoms with van der Waals surface area (Å²) in [5.41, 5.74) is 2.36. The quantitative estimate of drug-likeness (QED) is 0.734. The third-order valence-electron chi connectivity index (χ3n) is 4.28. The van der Waals surface area contributed by atoms with Gasteiger partial charge in [0.25, 0.3) is 0 Å². The van der Waals surface area contributed by atoms with Crippen molar-refractivity contribution in [1.29, 1.82) is 0 Å². The molecule has 2 aromatic carbocycles. The molecule has 0 spiro atoms. The van der Waals surface area contributed by atoms with Crippen LogP contribution in [0.5, 0.6) is 0 Å². The number of nitrogens with zero attached hydrogens (tertiary/aromatic N) is 1. The van der Waals surface area contributed by atoms with Crippen LogP contribution in [-0.2, 0) is 23.6 Å². The van der Waals surface area contributed by atoms with E-state index in [9.17, 15) is 13.2 Å². The molecule has 3 aromatic rings. The van der Waals surface area contributed by atoms with Crippen molar-refractivity contribution in [3.05, 3.63) is 65.4 Å². The van der Waals surface area contributed by atoms with Gasteiger partial charge >= 0.3 is 5.97 Å². The highest BCUT2D eigenvalue weighted by atomic mass is 32.2. The number of hydrogen-bond acceptors (Lipinski definition) is 3. The minimum atomic E-state index is -3.71. The van der Waals surface area contributed by atoms with Crippen molar-refractivity contribution in [2.75, 3.05) is 0 Å². The molecule has 2 N–H and O–H groups in total. The van der Waals surface area contributed by atoms with Gasteiger partial charge in [-0.2, -0.15) is 0 Å². The Kier molecular flexibility index (Phi) is 4.36. The summed E-state index contributed by atoms with van der Waals surface area (Å²) in [6.45, 7) is 1.86. The number of hydrogen-bond donors (Lipinski definition) is 2. The lowest BCUT2D eigenvalue weighted by Gasteiger charge is -2.08. The molecule has 25 heavy (non-hydrogen) atoms. The van der Waals surface area contributed by atoms with Gasteiger partial charge in [-0.1, -0.05) is 30.3 Å². The highest BCUT2D eigenvalue weighted by Gasteiger charge is 2.23. The van der Waals surface area contributed by atoms with Crippen LogP contribution in [0.15, 0.2) is 53.4 Å². The Labute approximate surface area is 145 Å². The van der Waals surface area contributed by atoms with Crippen molar-refractivity contribution in [2.45, 2.75) is 18.4 Å². The topological polar surface area (TPSA) is 88.4 Å². The molecule has 1 aromatic heterocycles. The molecule has 130 valence electrons. The summed E-state index contributed by atoms with van der Waals surface area (Å²) in [5.74, 6) is -1.02. The average molecular weight is 358 g/mol. The molecule has 0 radical (unpaired) electrons. The van der Waals surface area contributed by atoms with Crippen LogP contribution in [0.1, 0.15) is 21.6 Å². The summed E-state index contributed by atoms with van der Waals surface area (Å²) in [6.07, 6.45) is 0. The number of carboxylic acids is 1. The maximum Gasteiger partial charge on any atom is 0.335 e. The van der Waals surface area contributed by atoms with E-state index in [-0.39, 0.29) is 17.0 Å². The molecule has 3 rings (SSSR count). The Hall–Kier alpha value is -2.64. The Morgan fingerprint density at radius 1 is 1.12 bits per heavy atom. The van der Waals surface area contributed by atoms with Crippen molar-refractivity contribution in [3.63, 3.8) is 0 Å². The number of para-hydroxylation sites is 1. The normalized spacial score (nSPS) is 11.8. The number of carboxylic acid groups (broad SMARTS) is 1. The molecule has 0 fully saturated rings. The molecule has 1 heterocycles. The maximum atomic E-state index is 12.8. The predicted octanol–water partition coefficient (Wildman–Crippen LogP) is 2.66. The zero-order chi connectivity index (χ0) is 18.2. The number of benzene rings is 2. The van der Waals surface area contributed by atoms with E-state index in [0.717, 1.165) is 5.52 Å². The largest absolute Gasteiger partial charge is 0.478 e. The summed E-state index contributed by atoms with van der Waals surface area (Å²) in [6, 6.07) is 13.5. The van der Waals surface area contributed by atoms with Crippen LogP contribution in [0.4, 0.5) is 0 Å². The first-order chi connectivity index (χ1) is 11.8. The summed E-state index contributed by atoms with van der Waals surface area (Å²) in [7, 11) is -1.87. The van der Waals surface area contributed by atoms with Crippen LogP contribution >= 0.6 is 0 Å². The van der Waals surface area contributed by atoms with Crippen LogP contribution in [0.25, 0.3) is 10.9 Å². The molecule has 0 saturated carbocycles. The standard InChI is InChI=1S/C18H18N2O4S/c1-12-17(15-5-3-4-6-16(15)20(12)2)25(23,24)19-11-13-7-9-14(10-8-13)18(21)22/h3-10,19H,11H2,1-2H3,(H,21,22). The van der Waals surface area contributed by atoms with Crippen molar-refractivity contribution < 1.29 is 18.3 Å². The average Bonchev–Trinajstić information content (AvgIpc) is 2.85. The number of carbonyl (C=O) groups is 1. The molecule has 0 atom stereocenters. The first kappa shape index (κ1) is 17.2. The van der Waals surface area contributed by atoms with E-state index in [1.165, 1.54) is 12.1 Å². The number of fused-ring (bicyclic) bond motifs is 1. The SMILES string of the molecule is Cc1c(S(=O)(=O)NCc2ccc(C(=O)O)cc2)c2ccccc2n1C. The second-order valence-electron chi connectivity index (χ2n) is 5.82. The van der Waals surface area contributed by atoms with Crippen molar-refractivity contribution >= 4 is 26.9 Å². The van der Waals surface area contributed by atoms with E-state index in [4.69, 9.17) is 5.11 Å². The second kappa shape index (κ2) is 6.34. The molecule has 7 heteroatoms. The molecule has 0 aliphatic heterocycles. The molecular weight excluding hydrogens is 340 g/mol. The monoisotopic (exact) mass is 358 g/mol. The molecule has 0 amide bonds. The van der Waals surface area contributed by atoms with Crippen LogP contribution in [-0.4, -0.2) is 24.1 Å². The molecule has 0 aliphatic rings. The Morgan fingerprint density at radius 2 is 1.76 bits per heavy atom. The summed E-state index contributed by atoms with van der Waals surface area (Å²) in [5, 5.41) is 9.58. The number of rotatable bonds is 5. The molecule has 0 unspecified atom stereocenters. The smallest absolute Gasteiger partial charge is 0.335 e. The van der Waals surface area contributed by atoms with Gasteiger partial charge in [-0.3, -0.25) is 0 Å². The second-order valence-corrected chi connectivity index (χ2v) is 7.52. The Bertz CT molecular complexity index is 1050. The highest BCUT2D eigenvalue weighted by molar-refractivity contribution is 7.89. The van der Waals surface area contributed by atoms with Crippen LogP contribution < -0.4 is 4.72 Å². The van der Waals surface area contributed by atoms with Gasteiger partial charge in [0.05, 0.1) is 5.56 Å². The highest BCUT2D eigenvalue weighted by Crippen LogP contribution is 2.28. The van der Waals surface area contributed by atoms with Gasteiger partial charge in [-0.25, -0.2) is 17.9 Å². The number of aryl methyl sites for hydroxylation is 1. The van der Waals surface area contributed by atoms with Gasteiger partial charge in [0.1, 0.15) is 4.90 Å². The third-order valence-corrected chi connectivity index (χ3v) is 5.85. The summed E-state index contributed by atoms with van der Waals surface area (Å²) >= 11 is 0. The van der Waals surface area contributed by atoms with Gasteiger partial charge in [0.2, 0.25) is 10.0 Å². The van der Waals surface area contributed by atoms with E-state index in [1.54, 1.807) is 25.1 Å². The fourth-order valence-electron chi connectivity index (χ4n) is 2.84. The Morgan fingerprint density at radius 3 is 2.40 bits per heavy atom. The van der Waals surface area contributed by atoms with Gasteiger partial charge in [0, 0.05) is 30.2 Å². The van der Waals surface area contributed by atoms with Crippen molar-refractivity contribution in [3.8, 4) is 0 Å². The lowest BCUT2D eigenvalue weighted by Crippen LogP contribution is -2.24. The first-order valence-electron chi connectivity index (χ1n) is 7.67. The molecule has 0 aliphatic carbocycles. The van der Waals surface area contributed by atoms with E-state index in [0.29, 0.717) is 16.6 Å². The minimum absolute atomic E-state index is 0.0882. The third kappa shape index (κ3) is 3.16. The van der Waals surface area contributed by atoms with Crippen molar-refractivity contribution in [2.24, 2.45) is 7.05 Å². The number of sulfonamides is 1. The predicted molar refractivity (Wildman–Crippen MR) is 95.1 cm³/mol. The molecule has 0 saturated heterocycles. The van der Waals surface area contributed by atoms with Gasteiger partial charge in [-0.05, 0) is 30.7 Å². The van der Waals surface area contributed by atoms with Crippen molar-refractivity contribution in [1.82, 2.24) is 9.29 Å². The van der Waals surface area contributed by atoms with E-state index in [2.05, 4.69) is 4.72 Å². The van der Waals surface area contributed by atoms with Gasteiger partial charge in [-0.15, -0.1) is 0 Å². The maximum absolute atomic E-state index is 12.8. The van der Waals surface area contributed by atoms with Crippen LogP contribution in [0.2, 0.25) is 0 Å². The molecule has 6 nitrogen and oxygen atoms in total. The lowest BCUT2D eigenvalue weighted by molar-refractivity contribution is 0.0697. The van der Waals surface area contributed by atoms with E-state index < -0.39 is 16.0 Å². The van der Waals surface area contributed by atoms with Crippen LogP contribution in [0.3, 0.4) is 0 Å². The zero-order valence-corrected chi connectivity index (χ0v) is 14.7. The number of nitrogens with one attached hydrogen (secondary N) is 1. The summed E-state index contributed by atoms with van der Waals surface area (Å²) < 4.78 is 30.1. The zero-order valence-electron chi connectivity index (χ0n) is 13.9. The Balaban J connectivity index is 1.90. The van der Waals surface area contributed by atoms with E-state index >= 15 is 0 Å². The number of aromatic nitrogens is 1. The molecule has 0 bridgehead atoms. The first-order valence-corrected chi connectivity index (χ1v) is 9.15. The van der Waals surface area contributed by atoms with E-state index in [1.807, 2.05) is 29.8 Å². The lowest BCUT2D eigenvalue weighted by atomic mass is 10.1. The fraction of sp³-hybridized carbons (Fsp3) is 0.167. The molecular formula is C18H18N2O4S. The minimum Gasteiger partial charge on any atom is -0.478 e. The summed E-state index contributed by atoms with van der Waals surface area (Å²) in [4.78, 5) is 11.1. The van der Waals surface area contributed by atoms with Crippen LogP contribution in [0, 0.1) is 6.92 Å².